The number of carbonyl (C=O) groups excluding carboxylic acids is 1. The van der Waals surface area contributed by atoms with E-state index in [9.17, 15) is 4.79 Å². The lowest BCUT2D eigenvalue weighted by Crippen LogP contribution is -2.26. The van der Waals surface area contributed by atoms with Crippen LogP contribution in [0.3, 0.4) is 0 Å². The van der Waals surface area contributed by atoms with Crippen molar-refractivity contribution in [2.75, 3.05) is 19.5 Å². The van der Waals surface area contributed by atoms with E-state index >= 15 is 0 Å². The summed E-state index contributed by atoms with van der Waals surface area (Å²) >= 11 is 0. The molecule has 3 rings (SSSR count). The van der Waals surface area contributed by atoms with Crippen molar-refractivity contribution in [1.29, 1.82) is 0 Å². The summed E-state index contributed by atoms with van der Waals surface area (Å²) in [7, 11) is 3.19. The molecule has 2 N–H and O–H groups in total. The van der Waals surface area contributed by atoms with Crippen LogP contribution in [-0.2, 0) is 0 Å². The molecule has 0 aliphatic heterocycles. The fourth-order valence-corrected chi connectivity index (χ4v) is 2.57. The molecule has 1 unspecified atom stereocenters. The Morgan fingerprint density at radius 2 is 1.92 bits per heavy atom. The van der Waals surface area contributed by atoms with Crippen LogP contribution in [0.2, 0.25) is 0 Å². The number of benzene rings is 1. The molecule has 1 saturated carbocycles. The molecule has 1 atom stereocenters. The first kappa shape index (κ1) is 17.1. The zero-order chi connectivity index (χ0) is 17.8. The summed E-state index contributed by atoms with van der Waals surface area (Å²) < 4.78 is 10.6. The Morgan fingerprint density at radius 1 is 1.16 bits per heavy atom. The van der Waals surface area contributed by atoms with Crippen molar-refractivity contribution in [3.63, 3.8) is 0 Å². The van der Waals surface area contributed by atoms with Crippen molar-refractivity contribution in [3.05, 3.63) is 47.7 Å². The van der Waals surface area contributed by atoms with Crippen LogP contribution in [0.25, 0.3) is 0 Å². The maximum atomic E-state index is 12.5. The first-order chi connectivity index (χ1) is 12.1. The SMILES string of the molecule is COc1ccc(C(C)NC(=O)c2ccnc(NC3CC3)c2)cc1OC. The number of anilines is 1. The second-order valence-electron chi connectivity index (χ2n) is 6.16. The van der Waals surface area contributed by atoms with E-state index < -0.39 is 0 Å². The minimum Gasteiger partial charge on any atom is -0.493 e. The largest absolute Gasteiger partial charge is 0.493 e. The molecule has 1 aromatic carbocycles. The molecule has 0 radical (unpaired) electrons. The quantitative estimate of drug-likeness (QED) is 0.809. The lowest BCUT2D eigenvalue weighted by molar-refractivity contribution is 0.0939. The summed E-state index contributed by atoms with van der Waals surface area (Å²) in [5.74, 6) is 1.91. The van der Waals surface area contributed by atoms with Gasteiger partial charge in [-0.1, -0.05) is 6.07 Å². The van der Waals surface area contributed by atoms with E-state index in [4.69, 9.17) is 9.47 Å². The maximum Gasteiger partial charge on any atom is 0.251 e. The number of nitrogens with one attached hydrogen (secondary N) is 2. The van der Waals surface area contributed by atoms with E-state index in [1.54, 1.807) is 32.5 Å². The van der Waals surface area contributed by atoms with Crippen molar-refractivity contribution >= 4 is 11.7 Å². The summed E-state index contributed by atoms with van der Waals surface area (Å²) in [6.07, 6.45) is 3.98. The maximum absolute atomic E-state index is 12.5. The highest BCUT2D eigenvalue weighted by Crippen LogP contribution is 2.30. The Hall–Kier alpha value is -2.76. The number of rotatable bonds is 7. The Balaban J connectivity index is 1.69. The van der Waals surface area contributed by atoms with Crippen molar-refractivity contribution in [3.8, 4) is 11.5 Å². The standard InChI is InChI=1S/C19H23N3O3/c1-12(13-4-7-16(24-2)17(10-13)25-3)21-19(23)14-8-9-20-18(11-14)22-15-5-6-15/h4,7-12,15H,5-6H2,1-3H3,(H,20,22)(H,21,23). The van der Waals surface area contributed by atoms with Crippen LogP contribution < -0.4 is 20.1 Å². The van der Waals surface area contributed by atoms with Gasteiger partial charge < -0.3 is 20.1 Å². The highest BCUT2D eigenvalue weighted by atomic mass is 16.5. The Labute approximate surface area is 147 Å². The predicted octanol–water partition coefficient (Wildman–Crippen LogP) is 3.16. The van der Waals surface area contributed by atoms with Gasteiger partial charge in [0.15, 0.2) is 11.5 Å². The van der Waals surface area contributed by atoms with Gasteiger partial charge in [-0.3, -0.25) is 4.79 Å². The van der Waals surface area contributed by atoms with Gasteiger partial charge in [0, 0.05) is 17.8 Å². The monoisotopic (exact) mass is 341 g/mol. The van der Waals surface area contributed by atoms with E-state index in [1.165, 1.54) is 0 Å². The summed E-state index contributed by atoms with van der Waals surface area (Å²) in [4.78, 5) is 16.8. The van der Waals surface area contributed by atoms with Crippen LogP contribution in [0.1, 0.15) is 41.7 Å². The molecule has 132 valence electrons. The molecule has 1 aliphatic rings. The van der Waals surface area contributed by atoms with E-state index in [0.717, 1.165) is 24.2 Å². The van der Waals surface area contributed by atoms with Gasteiger partial charge in [0.2, 0.25) is 0 Å². The minimum absolute atomic E-state index is 0.136. The molecule has 0 saturated heterocycles. The van der Waals surface area contributed by atoms with Crippen LogP contribution in [0.5, 0.6) is 11.5 Å². The van der Waals surface area contributed by atoms with Gasteiger partial charge in [0.25, 0.3) is 5.91 Å². The number of nitrogens with zero attached hydrogens (tertiary/aromatic N) is 1. The van der Waals surface area contributed by atoms with Crippen LogP contribution in [0, 0.1) is 0 Å². The normalized spacial score (nSPS) is 14.5. The molecule has 6 heteroatoms. The third-order valence-corrected chi connectivity index (χ3v) is 4.21. The number of pyridine rings is 1. The molecule has 1 aliphatic carbocycles. The van der Waals surface area contributed by atoms with Crippen LogP contribution in [0.4, 0.5) is 5.82 Å². The van der Waals surface area contributed by atoms with Gasteiger partial charge in [-0.2, -0.15) is 0 Å². The molecule has 1 aromatic heterocycles. The van der Waals surface area contributed by atoms with Gasteiger partial charge in [-0.05, 0) is 49.6 Å². The third kappa shape index (κ3) is 4.21. The molecule has 25 heavy (non-hydrogen) atoms. The lowest BCUT2D eigenvalue weighted by Gasteiger charge is -2.17. The molecule has 1 heterocycles. The molecule has 1 fully saturated rings. The number of hydrogen-bond donors (Lipinski definition) is 2. The highest BCUT2D eigenvalue weighted by Gasteiger charge is 2.21. The van der Waals surface area contributed by atoms with Crippen LogP contribution in [0.15, 0.2) is 36.5 Å². The van der Waals surface area contributed by atoms with Crippen molar-refractivity contribution in [1.82, 2.24) is 10.3 Å². The number of aromatic nitrogens is 1. The first-order valence-electron chi connectivity index (χ1n) is 8.36. The Morgan fingerprint density at radius 3 is 2.60 bits per heavy atom. The molecule has 6 nitrogen and oxygen atoms in total. The predicted molar refractivity (Wildman–Crippen MR) is 96.3 cm³/mol. The Kier molecular flexibility index (Phi) is 5.07. The van der Waals surface area contributed by atoms with Gasteiger partial charge in [-0.15, -0.1) is 0 Å². The molecular formula is C19H23N3O3. The zero-order valence-electron chi connectivity index (χ0n) is 14.7. The zero-order valence-corrected chi connectivity index (χ0v) is 14.7. The number of amides is 1. The summed E-state index contributed by atoms with van der Waals surface area (Å²) in [6, 6.07) is 9.46. The molecule has 2 aromatic rings. The topological polar surface area (TPSA) is 72.5 Å². The van der Waals surface area contributed by atoms with Crippen LogP contribution in [-0.4, -0.2) is 31.2 Å². The molecular weight excluding hydrogens is 318 g/mol. The second-order valence-corrected chi connectivity index (χ2v) is 6.16. The minimum atomic E-state index is -0.166. The fraction of sp³-hybridized carbons (Fsp3) is 0.368. The van der Waals surface area contributed by atoms with E-state index in [-0.39, 0.29) is 11.9 Å². The van der Waals surface area contributed by atoms with E-state index in [2.05, 4.69) is 15.6 Å². The van der Waals surface area contributed by atoms with Crippen molar-refractivity contribution in [2.45, 2.75) is 31.8 Å². The third-order valence-electron chi connectivity index (χ3n) is 4.21. The number of methoxy groups -OCH3 is 2. The average Bonchev–Trinajstić information content (AvgIpc) is 3.45. The number of ether oxygens (including phenoxy) is 2. The van der Waals surface area contributed by atoms with Gasteiger partial charge in [0.1, 0.15) is 5.82 Å². The van der Waals surface area contributed by atoms with Crippen molar-refractivity contribution < 1.29 is 14.3 Å². The summed E-state index contributed by atoms with van der Waals surface area (Å²) in [5.41, 5.74) is 1.53. The summed E-state index contributed by atoms with van der Waals surface area (Å²) in [6.45, 7) is 1.93. The fourth-order valence-electron chi connectivity index (χ4n) is 2.57. The Bertz CT molecular complexity index is 759. The first-order valence-corrected chi connectivity index (χ1v) is 8.36. The average molecular weight is 341 g/mol. The highest BCUT2D eigenvalue weighted by molar-refractivity contribution is 5.95. The van der Waals surface area contributed by atoms with Gasteiger partial charge in [-0.25, -0.2) is 4.98 Å². The van der Waals surface area contributed by atoms with E-state index in [0.29, 0.717) is 23.1 Å². The summed E-state index contributed by atoms with van der Waals surface area (Å²) in [5, 5.41) is 6.31. The van der Waals surface area contributed by atoms with Gasteiger partial charge >= 0.3 is 0 Å². The molecule has 0 spiro atoms. The van der Waals surface area contributed by atoms with Gasteiger partial charge in [0.05, 0.1) is 20.3 Å². The smallest absolute Gasteiger partial charge is 0.251 e. The molecule has 1 amide bonds. The van der Waals surface area contributed by atoms with E-state index in [1.807, 2.05) is 25.1 Å². The number of carbonyl (C=O) groups is 1. The van der Waals surface area contributed by atoms with Crippen LogP contribution >= 0.6 is 0 Å². The lowest BCUT2D eigenvalue weighted by atomic mass is 10.1. The number of hydrogen-bond acceptors (Lipinski definition) is 5. The second kappa shape index (κ2) is 7.42. The molecule has 0 bridgehead atoms. The van der Waals surface area contributed by atoms with Crippen molar-refractivity contribution in [2.24, 2.45) is 0 Å².